The summed E-state index contributed by atoms with van der Waals surface area (Å²) in [6, 6.07) is 14.8. The number of aryl methyl sites for hydroxylation is 3. The lowest BCUT2D eigenvalue weighted by Crippen LogP contribution is -2.46. The molecule has 3 rings (SSSR count). The van der Waals surface area contributed by atoms with Gasteiger partial charge in [-0.05, 0) is 55.2 Å². The number of anilines is 1. The molecule has 2 aromatic carbocycles. The van der Waals surface area contributed by atoms with E-state index in [-0.39, 0.29) is 0 Å². The van der Waals surface area contributed by atoms with Crippen LogP contribution < -0.4 is 4.90 Å². The zero-order chi connectivity index (χ0) is 17.1. The molecule has 0 unspecified atom stereocenters. The van der Waals surface area contributed by atoms with Gasteiger partial charge in [0, 0.05) is 32.7 Å². The molecule has 1 heterocycles. The zero-order valence-electron chi connectivity index (χ0n) is 14.8. The van der Waals surface area contributed by atoms with E-state index in [0.29, 0.717) is 0 Å². The third-order valence-corrected chi connectivity index (χ3v) is 5.08. The quantitative estimate of drug-likeness (QED) is 0.862. The molecule has 3 nitrogen and oxygen atoms in total. The van der Waals surface area contributed by atoms with Crippen LogP contribution in [0, 0.1) is 32.1 Å². The lowest BCUT2D eigenvalue weighted by atomic mass is 10.0. The molecule has 1 fully saturated rings. The van der Waals surface area contributed by atoms with Crippen LogP contribution in [0.25, 0.3) is 0 Å². The summed E-state index contributed by atoms with van der Waals surface area (Å²) in [6.45, 7) is 11.6. The molecule has 24 heavy (non-hydrogen) atoms. The summed E-state index contributed by atoms with van der Waals surface area (Å²) >= 11 is 0. The first-order valence-electron chi connectivity index (χ1n) is 8.61. The molecule has 1 aliphatic rings. The van der Waals surface area contributed by atoms with E-state index in [1.165, 1.54) is 22.3 Å². The first kappa shape index (κ1) is 16.5. The van der Waals surface area contributed by atoms with Crippen molar-refractivity contribution in [1.82, 2.24) is 4.90 Å². The normalized spacial score (nSPS) is 15.3. The largest absolute Gasteiger partial charge is 0.368 e. The highest BCUT2D eigenvalue weighted by Crippen LogP contribution is 2.22. The molecule has 0 amide bonds. The van der Waals surface area contributed by atoms with Gasteiger partial charge >= 0.3 is 0 Å². The molecule has 124 valence electrons. The van der Waals surface area contributed by atoms with Gasteiger partial charge in [-0.2, -0.15) is 5.26 Å². The third-order valence-electron chi connectivity index (χ3n) is 5.08. The van der Waals surface area contributed by atoms with Crippen LogP contribution in [-0.2, 0) is 6.54 Å². The number of benzene rings is 2. The highest BCUT2D eigenvalue weighted by atomic mass is 15.3. The minimum atomic E-state index is 0.774. The Labute approximate surface area is 145 Å². The van der Waals surface area contributed by atoms with Crippen molar-refractivity contribution in [1.29, 1.82) is 5.26 Å². The van der Waals surface area contributed by atoms with E-state index in [4.69, 9.17) is 0 Å². The topological polar surface area (TPSA) is 30.3 Å². The highest BCUT2D eigenvalue weighted by molar-refractivity contribution is 5.59. The van der Waals surface area contributed by atoms with Gasteiger partial charge in [0.1, 0.15) is 6.07 Å². The zero-order valence-corrected chi connectivity index (χ0v) is 14.8. The number of hydrogen-bond acceptors (Lipinski definition) is 3. The predicted molar refractivity (Wildman–Crippen MR) is 99.3 cm³/mol. The Morgan fingerprint density at radius 1 is 0.917 bits per heavy atom. The molecule has 0 aromatic heterocycles. The van der Waals surface area contributed by atoms with Crippen LogP contribution in [0.1, 0.15) is 27.8 Å². The molecule has 0 aliphatic carbocycles. The third kappa shape index (κ3) is 3.44. The van der Waals surface area contributed by atoms with Gasteiger partial charge in [0.05, 0.1) is 11.3 Å². The predicted octanol–water partition coefficient (Wildman–Crippen LogP) is 3.81. The van der Waals surface area contributed by atoms with Crippen molar-refractivity contribution < 1.29 is 0 Å². The Balaban J connectivity index is 1.66. The second-order valence-electron chi connectivity index (χ2n) is 6.76. The van der Waals surface area contributed by atoms with Crippen molar-refractivity contribution >= 4 is 5.69 Å². The summed E-state index contributed by atoms with van der Waals surface area (Å²) in [4.78, 5) is 4.85. The van der Waals surface area contributed by atoms with E-state index in [0.717, 1.165) is 44.0 Å². The van der Waals surface area contributed by atoms with Crippen LogP contribution in [0.3, 0.4) is 0 Å². The maximum absolute atomic E-state index is 9.29. The molecule has 0 spiro atoms. The first-order valence-corrected chi connectivity index (χ1v) is 8.61. The van der Waals surface area contributed by atoms with E-state index < -0.39 is 0 Å². The number of piperazine rings is 1. The number of hydrogen-bond donors (Lipinski definition) is 0. The summed E-state index contributed by atoms with van der Waals surface area (Å²) < 4.78 is 0. The first-order chi connectivity index (χ1) is 11.6. The maximum Gasteiger partial charge on any atom is 0.101 e. The fourth-order valence-corrected chi connectivity index (χ4v) is 3.42. The van der Waals surface area contributed by atoms with Crippen molar-refractivity contribution in [2.24, 2.45) is 0 Å². The van der Waals surface area contributed by atoms with E-state index in [1.54, 1.807) is 0 Å². The van der Waals surface area contributed by atoms with Crippen LogP contribution in [0.2, 0.25) is 0 Å². The fraction of sp³-hybridized carbons (Fsp3) is 0.381. The van der Waals surface area contributed by atoms with Crippen molar-refractivity contribution in [2.75, 3.05) is 31.1 Å². The molecule has 1 saturated heterocycles. The van der Waals surface area contributed by atoms with E-state index in [9.17, 15) is 5.26 Å². The Hall–Kier alpha value is -2.31. The Morgan fingerprint density at radius 2 is 1.58 bits per heavy atom. The van der Waals surface area contributed by atoms with Gasteiger partial charge in [-0.1, -0.05) is 24.3 Å². The number of para-hydroxylation sites is 1. The molecule has 2 aromatic rings. The number of nitrogens with zero attached hydrogens (tertiary/aromatic N) is 3. The van der Waals surface area contributed by atoms with E-state index >= 15 is 0 Å². The van der Waals surface area contributed by atoms with Crippen molar-refractivity contribution in [2.45, 2.75) is 27.3 Å². The molecule has 0 atom stereocenters. The monoisotopic (exact) mass is 319 g/mol. The van der Waals surface area contributed by atoms with Crippen molar-refractivity contribution in [3.05, 3.63) is 64.2 Å². The highest BCUT2D eigenvalue weighted by Gasteiger charge is 2.19. The lowest BCUT2D eigenvalue weighted by molar-refractivity contribution is 0.249. The Bertz CT molecular complexity index is 765. The van der Waals surface area contributed by atoms with E-state index in [2.05, 4.69) is 54.8 Å². The summed E-state index contributed by atoms with van der Waals surface area (Å²) in [7, 11) is 0. The standard InChI is InChI=1S/C21H25N3/c1-16-12-18(3)20(13-17(16)2)15-23-8-10-24(11-9-23)21-7-5-4-6-19(21)14-22/h4-7,12-13H,8-11,15H2,1-3H3. The summed E-state index contributed by atoms with van der Waals surface area (Å²) in [6.07, 6.45) is 0. The minimum absolute atomic E-state index is 0.774. The van der Waals surface area contributed by atoms with Gasteiger partial charge in [-0.15, -0.1) is 0 Å². The molecular weight excluding hydrogens is 294 g/mol. The molecule has 3 heteroatoms. The Morgan fingerprint density at radius 3 is 2.29 bits per heavy atom. The number of nitriles is 1. The molecular formula is C21H25N3. The van der Waals surface area contributed by atoms with Crippen LogP contribution >= 0.6 is 0 Å². The molecule has 0 saturated carbocycles. The smallest absolute Gasteiger partial charge is 0.101 e. The summed E-state index contributed by atoms with van der Waals surface area (Å²) in [5.74, 6) is 0. The van der Waals surface area contributed by atoms with Gasteiger partial charge in [-0.25, -0.2) is 0 Å². The van der Waals surface area contributed by atoms with Crippen LogP contribution in [0.4, 0.5) is 5.69 Å². The second-order valence-corrected chi connectivity index (χ2v) is 6.76. The van der Waals surface area contributed by atoms with Crippen molar-refractivity contribution in [3.63, 3.8) is 0 Å². The number of rotatable bonds is 3. The maximum atomic E-state index is 9.29. The lowest BCUT2D eigenvalue weighted by Gasteiger charge is -2.36. The SMILES string of the molecule is Cc1cc(C)c(CN2CCN(c3ccccc3C#N)CC2)cc1C. The second kappa shape index (κ2) is 7.07. The minimum Gasteiger partial charge on any atom is -0.368 e. The van der Waals surface area contributed by atoms with Gasteiger partial charge in [0.25, 0.3) is 0 Å². The molecule has 0 radical (unpaired) electrons. The average molecular weight is 319 g/mol. The van der Waals surface area contributed by atoms with Crippen LogP contribution in [-0.4, -0.2) is 31.1 Å². The fourth-order valence-electron chi connectivity index (χ4n) is 3.42. The van der Waals surface area contributed by atoms with Gasteiger partial charge in [0.2, 0.25) is 0 Å². The van der Waals surface area contributed by atoms with Gasteiger partial charge in [0.15, 0.2) is 0 Å². The average Bonchev–Trinajstić information content (AvgIpc) is 2.60. The summed E-state index contributed by atoms with van der Waals surface area (Å²) in [5, 5.41) is 9.29. The van der Waals surface area contributed by atoms with Crippen LogP contribution in [0.5, 0.6) is 0 Å². The van der Waals surface area contributed by atoms with Crippen molar-refractivity contribution in [3.8, 4) is 6.07 Å². The Kier molecular flexibility index (Phi) is 4.87. The molecule has 0 N–H and O–H groups in total. The van der Waals surface area contributed by atoms with E-state index in [1.807, 2.05) is 18.2 Å². The molecule has 0 bridgehead atoms. The van der Waals surface area contributed by atoms with Gasteiger partial charge < -0.3 is 4.90 Å². The summed E-state index contributed by atoms with van der Waals surface area (Å²) in [5.41, 5.74) is 7.41. The van der Waals surface area contributed by atoms with Crippen LogP contribution in [0.15, 0.2) is 36.4 Å². The van der Waals surface area contributed by atoms with Gasteiger partial charge in [-0.3, -0.25) is 4.90 Å². The molecule has 1 aliphatic heterocycles.